The summed E-state index contributed by atoms with van der Waals surface area (Å²) >= 11 is 0. The second kappa shape index (κ2) is 9.04. The van der Waals surface area contributed by atoms with Gasteiger partial charge in [-0.3, -0.25) is 0 Å². The molecule has 0 aliphatic rings. The van der Waals surface area contributed by atoms with E-state index in [-0.39, 0.29) is 17.9 Å². The number of rotatable bonds is 6. The minimum Gasteiger partial charge on any atom is -0.496 e. The zero-order valence-electron chi connectivity index (χ0n) is 14.4. The van der Waals surface area contributed by atoms with Crippen LogP contribution in [0.25, 0.3) is 6.08 Å². The van der Waals surface area contributed by atoms with Crippen LogP contribution in [-0.4, -0.2) is 25.7 Å². The molecule has 0 aromatic heterocycles. The summed E-state index contributed by atoms with van der Waals surface area (Å²) in [4.78, 5) is 24.0. The van der Waals surface area contributed by atoms with Gasteiger partial charge in [0.25, 0.3) is 0 Å². The highest BCUT2D eigenvalue weighted by Crippen LogP contribution is 2.22. The molecule has 0 bridgehead atoms. The molecular weight excluding hydrogens is 334 g/mol. The van der Waals surface area contributed by atoms with Crippen molar-refractivity contribution in [3.05, 3.63) is 65.2 Å². The van der Waals surface area contributed by atoms with Gasteiger partial charge in [-0.15, -0.1) is 0 Å². The molecule has 0 spiro atoms. The molecule has 2 rings (SSSR count). The summed E-state index contributed by atoms with van der Waals surface area (Å²) in [6, 6.07) is 15.0. The Morgan fingerprint density at radius 1 is 1.15 bits per heavy atom. The maximum absolute atomic E-state index is 12.3. The Bertz CT molecular complexity index is 880. The molecule has 0 fully saturated rings. The minimum absolute atomic E-state index is 0.139. The molecule has 0 heterocycles. The molecule has 0 aliphatic carbocycles. The highest BCUT2D eigenvalue weighted by atomic mass is 16.5. The molecule has 132 valence electrons. The molecule has 0 atom stereocenters. The van der Waals surface area contributed by atoms with Crippen LogP contribution in [0.1, 0.15) is 22.8 Å². The van der Waals surface area contributed by atoms with Gasteiger partial charge in [0.1, 0.15) is 28.7 Å². The van der Waals surface area contributed by atoms with Crippen LogP contribution in [0.3, 0.4) is 0 Å². The Balaban J connectivity index is 2.23. The van der Waals surface area contributed by atoms with Gasteiger partial charge < -0.3 is 14.2 Å². The van der Waals surface area contributed by atoms with Gasteiger partial charge in [-0.25, -0.2) is 9.59 Å². The molecule has 2 aromatic rings. The van der Waals surface area contributed by atoms with E-state index in [1.807, 2.05) is 0 Å². The number of nitrogens with zero attached hydrogens (tertiary/aromatic N) is 1. The second-order valence-corrected chi connectivity index (χ2v) is 5.05. The van der Waals surface area contributed by atoms with Crippen LogP contribution in [0.4, 0.5) is 0 Å². The Hall–Kier alpha value is -3.59. The van der Waals surface area contributed by atoms with Crippen LogP contribution in [0.5, 0.6) is 11.5 Å². The summed E-state index contributed by atoms with van der Waals surface area (Å²) in [5, 5.41) is 9.09. The first kappa shape index (κ1) is 18.7. The Labute approximate surface area is 151 Å². The summed E-state index contributed by atoms with van der Waals surface area (Å²) in [6.07, 6.45) is 1.37. The molecule has 0 amide bonds. The van der Waals surface area contributed by atoms with E-state index in [4.69, 9.17) is 19.5 Å². The third-order valence-corrected chi connectivity index (χ3v) is 3.32. The average molecular weight is 351 g/mol. The quantitative estimate of drug-likeness (QED) is 0.343. The van der Waals surface area contributed by atoms with E-state index in [1.54, 1.807) is 61.5 Å². The molecule has 0 radical (unpaired) electrons. The normalized spacial score (nSPS) is 10.6. The number of para-hydroxylation sites is 1. The lowest BCUT2D eigenvalue weighted by molar-refractivity contribution is -0.137. The molecular formula is C20H17NO5. The largest absolute Gasteiger partial charge is 0.496 e. The van der Waals surface area contributed by atoms with E-state index in [1.165, 1.54) is 13.2 Å². The zero-order chi connectivity index (χ0) is 18.9. The van der Waals surface area contributed by atoms with E-state index in [0.717, 1.165) is 0 Å². The van der Waals surface area contributed by atoms with Crippen molar-refractivity contribution in [1.82, 2.24) is 0 Å². The molecule has 0 saturated carbocycles. The van der Waals surface area contributed by atoms with Gasteiger partial charge in [-0.1, -0.05) is 24.3 Å². The number of benzene rings is 2. The fourth-order valence-corrected chi connectivity index (χ4v) is 2.16. The first-order chi connectivity index (χ1) is 12.6. The van der Waals surface area contributed by atoms with E-state index in [0.29, 0.717) is 16.9 Å². The third-order valence-electron chi connectivity index (χ3n) is 3.32. The van der Waals surface area contributed by atoms with Crippen molar-refractivity contribution in [2.75, 3.05) is 13.7 Å². The van der Waals surface area contributed by atoms with Crippen molar-refractivity contribution in [3.63, 3.8) is 0 Å². The lowest BCUT2D eigenvalue weighted by Crippen LogP contribution is -2.10. The maximum atomic E-state index is 12.3. The Kier molecular flexibility index (Phi) is 6.52. The summed E-state index contributed by atoms with van der Waals surface area (Å²) in [5.41, 5.74) is 0.681. The maximum Gasteiger partial charge on any atom is 0.348 e. The summed E-state index contributed by atoms with van der Waals surface area (Å²) in [5.74, 6) is -0.598. The van der Waals surface area contributed by atoms with Gasteiger partial charge in [-0.2, -0.15) is 5.26 Å². The van der Waals surface area contributed by atoms with E-state index >= 15 is 0 Å². The third kappa shape index (κ3) is 4.71. The van der Waals surface area contributed by atoms with Crippen LogP contribution >= 0.6 is 0 Å². The molecule has 2 aromatic carbocycles. The zero-order valence-corrected chi connectivity index (χ0v) is 14.4. The number of carbonyl (C=O) groups excluding carboxylic acids is 2. The van der Waals surface area contributed by atoms with Gasteiger partial charge in [0, 0.05) is 0 Å². The lowest BCUT2D eigenvalue weighted by Gasteiger charge is -2.08. The second-order valence-electron chi connectivity index (χ2n) is 5.05. The molecule has 6 heteroatoms. The average Bonchev–Trinajstić information content (AvgIpc) is 2.66. The molecule has 0 aliphatic heterocycles. The topological polar surface area (TPSA) is 85.6 Å². The van der Waals surface area contributed by atoms with E-state index in [2.05, 4.69) is 0 Å². The van der Waals surface area contributed by atoms with E-state index in [9.17, 15) is 9.59 Å². The fraction of sp³-hybridized carbons (Fsp3) is 0.150. The van der Waals surface area contributed by atoms with Crippen LogP contribution in [-0.2, 0) is 9.53 Å². The Morgan fingerprint density at radius 2 is 1.92 bits per heavy atom. The first-order valence-electron chi connectivity index (χ1n) is 7.83. The van der Waals surface area contributed by atoms with Crippen molar-refractivity contribution in [1.29, 1.82) is 5.26 Å². The van der Waals surface area contributed by atoms with Gasteiger partial charge >= 0.3 is 11.9 Å². The minimum atomic E-state index is -0.702. The van der Waals surface area contributed by atoms with Crippen LogP contribution in [0, 0.1) is 11.3 Å². The van der Waals surface area contributed by atoms with Gasteiger partial charge in [-0.05, 0) is 42.8 Å². The number of hydrogen-bond donors (Lipinski definition) is 0. The molecule has 6 nitrogen and oxygen atoms in total. The van der Waals surface area contributed by atoms with Gasteiger partial charge in [0.2, 0.25) is 0 Å². The van der Waals surface area contributed by atoms with Crippen molar-refractivity contribution in [3.8, 4) is 17.6 Å². The number of hydrogen-bond acceptors (Lipinski definition) is 6. The van der Waals surface area contributed by atoms with Gasteiger partial charge in [0.05, 0.1) is 13.7 Å². The number of carbonyl (C=O) groups is 2. The van der Waals surface area contributed by atoms with Gasteiger partial charge in [0.15, 0.2) is 0 Å². The molecule has 0 N–H and O–H groups in total. The van der Waals surface area contributed by atoms with Crippen molar-refractivity contribution in [2.24, 2.45) is 0 Å². The molecule has 0 unspecified atom stereocenters. The van der Waals surface area contributed by atoms with Crippen molar-refractivity contribution >= 4 is 18.0 Å². The van der Waals surface area contributed by atoms with Crippen LogP contribution in [0.15, 0.2) is 54.1 Å². The van der Waals surface area contributed by atoms with E-state index < -0.39 is 11.9 Å². The van der Waals surface area contributed by atoms with Crippen molar-refractivity contribution in [2.45, 2.75) is 6.92 Å². The summed E-state index contributed by atoms with van der Waals surface area (Å²) < 4.78 is 15.3. The predicted molar refractivity (Wildman–Crippen MR) is 94.6 cm³/mol. The first-order valence-corrected chi connectivity index (χ1v) is 7.83. The van der Waals surface area contributed by atoms with Crippen LogP contribution in [0.2, 0.25) is 0 Å². The number of methoxy groups -OCH3 is 1. The Morgan fingerprint density at radius 3 is 2.62 bits per heavy atom. The summed E-state index contributed by atoms with van der Waals surface area (Å²) in [6.45, 7) is 1.83. The summed E-state index contributed by atoms with van der Waals surface area (Å²) in [7, 11) is 1.47. The SMILES string of the molecule is CCOC(=O)/C(C#N)=C/c1cccc(OC(=O)c2ccccc2OC)c1. The number of esters is 2. The number of nitriles is 1. The smallest absolute Gasteiger partial charge is 0.348 e. The molecule has 0 saturated heterocycles. The lowest BCUT2D eigenvalue weighted by atomic mass is 10.1. The standard InChI is InChI=1S/C20H17NO5/c1-3-25-19(22)15(13-21)11-14-7-6-8-16(12-14)26-20(23)17-9-4-5-10-18(17)24-2/h4-12H,3H2,1-2H3/b15-11+. The highest BCUT2D eigenvalue weighted by molar-refractivity contribution is 5.98. The number of ether oxygens (including phenoxy) is 3. The predicted octanol–water partition coefficient (Wildman–Crippen LogP) is 3.38. The monoisotopic (exact) mass is 351 g/mol. The highest BCUT2D eigenvalue weighted by Gasteiger charge is 2.14. The van der Waals surface area contributed by atoms with Crippen molar-refractivity contribution < 1.29 is 23.8 Å². The fourth-order valence-electron chi connectivity index (χ4n) is 2.16. The molecule has 26 heavy (non-hydrogen) atoms. The van der Waals surface area contributed by atoms with Crippen LogP contribution < -0.4 is 9.47 Å².